The Labute approximate surface area is 119 Å². The number of benzene rings is 2. The van der Waals surface area contributed by atoms with Gasteiger partial charge in [0.25, 0.3) is 5.91 Å². The molecule has 1 N–H and O–H groups in total. The maximum Gasteiger partial charge on any atom is 0.259 e. The van der Waals surface area contributed by atoms with Gasteiger partial charge in [-0.1, -0.05) is 37.6 Å². The molecule has 2 rings (SSSR count). The minimum atomic E-state index is -0.161. The molecule has 0 unspecified atom stereocenters. The number of ether oxygens (including phenoxy) is 1. The predicted molar refractivity (Wildman–Crippen MR) is 81.4 cm³/mol. The van der Waals surface area contributed by atoms with Crippen LogP contribution in [0.2, 0.25) is 0 Å². The molecule has 1 amide bonds. The highest BCUT2D eigenvalue weighted by molar-refractivity contribution is 6.06. The summed E-state index contributed by atoms with van der Waals surface area (Å²) >= 11 is 0. The molecule has 0 aliphatic carbocycles. The molecule has 0 heterocycles. The number of nitrogens with one attached hydrogen (secondary N) is 1. The molecule has 0 bridgehead atoms. The summed E-state index contributed by atoms with van der Waals surface area (Å²) < 4.78 is 5.19. The molecular weight excluding hydrogens is 250 g/mol. The summed E-state index contributed by atoms with van der Waals surface area (Å²) in [5.74, 6) is 0.415. The lowest BCUT2D eigenvalue weighted by atomic mass is 10.1. The fourth-order valence-corrected chi connectivity index (χ4v) is 2.07. The highest BCUT2D eigenvalue weighted by atomic mass is 16.5. The van der Waals surface area contributed by atoms with Crippen molar-refractivity contribution < 1.29 is 9.53 Å². The number of carbonyl (C=O) groups is 1. The van der Waals surface area contributed by atoms with Crippen molar-refractivity contribution in [2.75, 3.05) is 12.4 Å². The molecule has 0 aliphatic heterocycles. The van der Waals surface area contributed by atoms with E-state index in [1.807, 2.05) is 36.4 Å². The second-order valence-electron chi connectivity index (χ2n) is 4.60. The zero-order valence-electron chi connectivity index (χ0n) is 11.8. The van der Waals surface area contributed by atoms with Crippen molar-refractivity contribution in [2.45, 2.75) is 19.8 Å². The van der Waals surface area contributed by atoms with Crippen molar-refractivity contribution in [2.24, 2.45) is 0 Å². The van der Waals surface area contributed by atoms with Crippen LogP contribution in [-0.2, 0) is 6.42 Å². The van der Waals surface area contributed by atoms with Crippen LogP contribution in [-0.4, -0.2) is 13.0 Å². The van der Waals surface area contributed by atoms with E-state index in [9.17, 15) is 4.79 Å². The standard InChI is InChI=1S/C17H19NO2/c1-3-6-13-9-11-14(12-10-13)18-17(19)15-7-4-5-8-16(15)20-2/h4-5,7-12H,3,6H2,1-2H3,(H,18,19). The second-order valence-corrected chi connectivity index (χ2v) is 4.60. The number of hydrogen-bond acceptors (Lipinski definition) is 2. The predicted octanol–water partition coefficient (Wildman–Crippen LogP) is 3.90. The van der Waals surface area contributed by atoms with Gasteiger partial charge in [0.1, 0.15) is 5.75 Å². The van der Waals surface area contributed by atoms with E-state index in [0.717, 1.165) is 18.5 Å². The number of methoxy groups -OCH3 is 1. The van der Waals surface area contributed by atoms with Gasteiger partial charge in [-0.2, -0.15) is 0 Å². The van der Waals surface area contributed by atoms with Gasteiger partial charge in [-0.3, -0.25) is 4.79 Å². The summed E-state index contributed by atoms with van der Waals surface area (Å²) in [6.45, 7) is 2.15. The van der Waals surface area contributed by atoms with Crippen molar-refractivity contribution in [3.05, 3.63) is 59.7 Å². The van der Waals surface area contributed by atoms with Crippen LogP contribution in [0.15, 0.2) is 48.5 Å². The molecule has 3 nitrogen and oxygen atoms in total. The van der Waals surface area contributed by atoms with Gasteiger partial charge in [-0.25, -0.2) is 0 Å². The number of anilines is 1. The monoisotopic (exact) mass is 269 g/mol. The molecule has 2 aromatic carbocycles. The smallest absolute Gasteiger partial charge is 0.259 e. The highest BCUT2D eigenvalue weighted by Gasteiger charge is 2.11. The van der Waals surface area contributed by atoms with E-state index in [0.29, 0.717) is 11.3 Å². The van der Waals surface area contributed by atoms with Gasteiger partial charge in [0.15, 0.2) is 0 Å². The van der Waals surface area contributed by atoms with Crippen molar-refractivity contribution in [1.29, 1.82) is 0 Å². The van der Waals surface area contributed by atoms with E-state index in [1.165, 1.54) is 5.56 Å². The van der Waals surface area contributed by atoms with E-state index >= 15 is 0 Å². The van der Waals surface area contributed by atoms with Crippen molar-refractivity contribution in [1.82, 2.24) is 0 Å². The number of para-hydroxylation sites is 1. The molecule has 2 aromatic rings. The van der Waals surface area contributed by atoms with Crippen LogP contribution >= 0.6 is 0 Å². The Morgan fingerprint density at radius 3 is 2.45 bits per heavy atom. The minimum Gasteiger partial charge on any atom is -0.496 e. The molecule has 0 atom stereocenters. The number of carbonyl (C=O) groups excluding carboxylic acids is 1. The van der Waals surface area contributed by atoms with Crippen LogP contribution in [0.25, 0.3) is 0 Å². The fourth-order valence-electron chi connectivity index (χ4n) is 2.07. The first kappa shape index (κ1) is 14.1. The summed E-state index contributed by atoms with van der Waals surface area (Å²) in [4.78, 5) is 12.2. The van der Waals surface area contributed by atoms with Crippen LogP contribution in [0, 0.1) is 0 Å². The number of rotatable bonds is 5. The van der Waals surface area contributed by atoms with Gasteiger partial charge < -0.3 is 10.1 Å². The molecule has 0 aliphatic rings. The van der Waals surface area contributed by atoms with Gasteiger partial charge in [0, 0.05) is 5.69 Å². The van der Waals surface area contributed by atoms with Crippen LogP contribution in [0.3, 0.4) is 0 Å². The first-order valence-electron chi connectivity index (χ1n) is 6.78. The molecule has 0 aromatic heterocycles. The first-order chi connectivity index (χ1) is 9.74. The quantitative estimate of drug-likeness (QED) is 0.894. The summed E-state index contributed by atoms with van der Waals surface area (Å²) in [5, 5.41) is 2.88. The molecule has 0 saturated carbocycles. The van der Waals surface area contributed by atoms with Crippen molar-refractivity contribution in [3.63, 3.8) is 0 Å². The average molecular weight is 269 g/mol. The van der Waals surface area contributed by atoms with E-state index in [4.69, 9.17) is 4.74 Å². The summed E-state index contributed by atoms with van der Waals surface area (Å²) in [6, 6.07) is 15.1. The largest absolute Gasteiger partial charge is 0.496 e. The van der Waals surface area contributed by atoms with Crippen molar-refractivity contribution in [3.8, 4) is 5.75 Å². The molecule has 104 valence electrons. The third-order valence-corrected chi connectivity index (χ3v) is 3.10. The first-order valence-corrected chi connectivity index (χ1v) is 6.78. The Hall–Kier alpha value is -2.29. The third kappa shape index (κ3) is 3.38. The Morgan fingerprint density at radius 2 is 1.80 bits per heavy atom. The van der Waals surface area contributed by atoms with Crippen LogP contribution in [0.5, 0.6) is 5.75 Å². The maximum atomic E-state index is 12.2. The number of aryl methyl sites for hydroxylation is 1. The highest BCUT2D eigenvalue weighted by Crippen LogP contribution is 2.19. The Balaban J connectivity index is 2.11. The lowest BCUT2D eigenvalue weighted by molar-refractivity contribution is 0.102. The van der Waals surface area contributed by atoms with Crippen LogP contribution in [0.4, 0.5) is 5.69 Å². The Kier molecular flexibility index (Phi) is 4.77. The molecule has 3 heteroatoms. The van der Waals surface area contributed by atoms with E-state index in [1.54, 1.807) is 19.2 Å². The Bertz CT molecular complexity index is 576. The van der Waals surface area contributed by atoms with Gasteiger partial charge in [0.2, 0.25) is 0 Å². The average Bonchev–Trinajstić information content (AvgIpc) is 2.49. The molecule has 0 saturated heterocycles. The molecule has 0 fully saturated rings. The fraction of sp³-hybridized carbons (Fsp3) is 0.235. The molecular formula is C17H19NO2. The SMILES string of the molecule is CCCc1ccc(NC(=O)c2ccccc2OC)cc1. The van der Waals surface area contributed by atoms with E-state index in [-0.39, 0.29) is 5.91 Å². The second kappa shape index (κ2) is 6.75. The summed E-state index contributed by atoms with van der Waals surface area (Å²) in [7, 11) is 1.56. The molecule has 20 heavy (non-hydrogen) atoms. The third-order valence-electron chi connectivity index (χ3n) is 3.10. The number of amides is 1. The normalized spacial score (nSPS) is 10.1. The summed E-state index contributed by atoms with van der Waals surface area (Å²) in [5.41, 5.74) is 2.61. The topological polar surface area (TPSA) is 38.3 Å². The zero-order valence-corrected chi connectivity index (χ0v) is 11.8. The van der Waals surface area contributed by atoms with Crippen LogP contribution < -0.4 is 10.1 Å². The van der Waals surface area contributed by atoms with Crippen molar-refractivity contribution >= 4 is 11.6 Å². The number of hydrogen-bond donors (Lipinski definition) is 1. The van der Waals surface area contributed by atoms with E-state index < -0.39 is 0 Å². The van der Waals surface area contributed by atoms with Gasteiger partial charge in [-0.15, -0.1) is 0 Å². The van der Waals surface area contributed by atoms with Gasteiger partial charge in [-0.05, 0) is 36.2 Å². The lowest BCUT2D eigenvalue weighted by Crippen LogP contribution is -2.13. The van der Waals surface area contributed by atoms with Crippen LogP contribution in [0.1, 0.15) is 29.3 Å². The Morgan fingerprint density at radius 1 is 1.10 bits per heavy atom. The lowest BCUT2D eigenvalue weighted by Gasteiger charge is -2.09. The van der Waals surface area contributed by atoms with Gasteiger partial charge >= 0.3 is 0 Å². The molecule has 0 spiro atoms. The minimum absolute atomic E-state index is 0.161. The summed E-state index contributed by atoms with van der Waals surface area (Å²) in [6.07, 6.45) is 2.17. The van der Waals surface area contributed by atoms with E-state index in [2.05, 4.69) is 12.2 Å². The molecule has 0 radical (unpaired) electrons. The zero-order chi connectivity index (χ0) is 14.4. The maximum absolute atomic E-state index is 12.2. The van der Waals surface area contributed by atoms with Gasteiger partial charge in [0.05, 0.1) is 12.7 Å².